The Morgan fingerprint density at radius 1 is 0.533 bits per heavy atom. The van der Waals surface area contributed by atoms with Gasteiger partial charge in [0.25, 0.3) is 0 Å². The average molecular weight is 458 g/mol. The van der Waals surface area contributed by atoms with Gasteiger partial charge in [0, 0.05) is 12.8 Å². The molecule has 0 heterocycles. The van der Waals surface area contributed by atoms with Gasteiger partial charge in [-0.25, -0.2) is 0 Å². The van der Waals surface area contributed by atoms with Crippen molar-refractivity contribution in [3.8, 4) is 0 Å². The molecule has 0 rings (SSSR count). The molecule has 4 N–H and O–H groups in total. The molecule has 0 aromatic heterocycles. The van der Waals surface area contributed by atoms with E-state index >= 15 is 0 Å². The zero-order valence-electron chi connectivity index (χ0n) is 19.7. The van der Waals surface area contributed by atoms with E-state index in [9.17, 15) is 9.59 Å². The molecule has 0 aromatic carbocycles. The standard InChI is InChI=1S/C18H39N.2C3H6O2.K.H/c1-2-3-4-5-6-7-8-9-10-11-12-13-14-15-16-17-18-19;2*1-2-3(4)5;;/h2-19H2,1H3;2*2H2,1H3,(H,4,5);;. The van der Waals surface area contributed by atoms with Crippen LogP contribution in [0.1, 0.15) is 136 Å². The van der Waals surface area contributed by atoms with Crippen molar-refractivity contribution in [3.63, 3.8) is 0 Å². The molecule has 0 fully saturated rings. The number of nitrogens with two attached hydrogens (primary N) is 1. The van der Waals surface area contributed by atoms with Crippen LogP contribution in [0.5, 0.6) is 0 Å². The van der Waals surface area contributed by atoms with Crippen LogP contribution in [0.15, 0.2) is 0 Å². The van der Waals surface area contributed by atoms with Gasteiger partial charge in [-0.3, -0.25) is 9.59 Å². The van der Waals surface area contributed by atoms with Crippen LogP contribution in [0.3, 0.4) is 0 Å². The van der Waals surface area contributed by atoms with Crippen LogP contribution in [0.4, 0.5) is 0 Å². The molecular weight excluding hydrogens is 405 g/mol. The zero-order valence-corrected chi connectivity index (χ0v) is 19.7. The molecule has 178 valence electrons. The zero-order chi connectivity index (χ0) is 22.6. The summed E-state index contributed by atoms with van der Waals surface area (Å²) in [4.78, 5) is 18.7. The molecule has 0 bridgehead atoms. The van der Waals surface area contributed by atoms with Gasteiger partial charge >= 0.3 is 63.3 Å². The van der Waals surface area contributed by atoms with E-state index in [1.807, 2.05) is 0 Å². The summed E-state index contributed by atoms with van der Waals surface area (Å²) in [5, 5.41) is 15.4. The number of aliphatic carboxylic acids is 2. The summed E-state index contributed by atoms with van der Waals surface area (Å²) in [5.41, 5.74) is 5.48. The van der Waals surface area contributed by atoms with Crippen LogP contribution in [0.2, 0.25) is 0 Å². The van der Waals surface area contributed by atoms with Crippen molar-refractivity contribution >= 4 is 63.3 Å². The predicted molar refractivity (Wildman–Crippen MR) is 132 cm³/mol. The molecule has 0 aliphatic heterocycles. The fraction of sp³-hybridized carbons (Fsp3) is 0.917. The predicted octanol–water partition coefficient (Wildman–Crippen LogP) is 6.52. The van der Waals surface area contributed by atoms with Crippen LogP contribution in [0.25, 0.3) is 0 Å². The molecule has 0 atom stereocenters. The summed E-state index contributed by atoms with van der Waals surface area (Å²) in [6, 6.07) is 0. The van der Waals surface area contributed by atoms with Crippen LogP contribution in [-0.4, -0.2) is 80.1 Å². The van der Waals surface area contributed by atoms with Gasteiger partial charge < -0.3 is 15.9 Å². The first-order valence-corrected chi connectivity index (χ1v) is 12.1. The number of carbonyl (C=O) groups is 2. The Morgan fingerprint density at radius 2 is 0.733 bits per heavy atom. The fourth-order valence-electron chi connectivity index (χ4n) is 2.69. The molecule has 0 aliphatic rings. The van der Waals surface area contributed by atoms with Crippen molar-refractivity contribution < 1.29 is 19.8 Å². The van der Waals surface area contributed by atoms with Crippen molar-refractivity contribution in [3.05, 3.63) is 0 Å². The van der Waals surface area contributed by atoms with Gasteiger partial charge in [0.15, 0.2) is 0 Å². The first kappa shape index (κ1) is 37.8. The van der Waals surface area contributed by atoms with E-state index in [-0.39, 0.29) is 64.2 Å². The SMILES string of the molecule is CCC(=O)O.CCC(=O)O.CCCCCCCCCCCCCCCCCCN.[KH]. The topological polar surface area (TPSA) is 101 Å². The second kappa shape index (κ2) is 36.9. The van der Waals surface area contributed by atoms with E-state index in [0.717, 1.165) is 6.54 Å². The van der Waals surface area contributed by atoms with Gasteiger partial charge in [0.2, 0.25) is 0 Å². The molecule has 0 radical (unpaired) electrons. The van der Waals surface area contributed by atoms with E-state index in [1.165, 1.54) is 103 Å². The van der Waals surface area contributed by atoms with Gasteiger partial charge in [-0.2, -0.15) is 0 Å². The second-order valence-electron chi connectivity index (χ2n) is 7.59. The molecule has 0 aliphatic carbocycles. The number of carboxylic acids is 2. The van der Waals surface area contributed by atoms with Crippen LogP contribution >= 0.6 is 0 Å². The number of carboxylic acid groups (broad SMARTS) is 2. The monoisotopic (exact) mass is 457 g/mol. The van der Waals surface area contributed by atoms with E-state index in [1.54, 1.807) is 13.8 Å². The summed E-state index contributed by atoms with van der Waals surface area (Å²) >= 11 is 0. The van der Waals surface area contributed by atoms with Crippen molar-refractivity contribution in [1.82, 2.24) is 0 Å². The fourth-order valence-corrected chi connectivity index (χ4v) is 2.69. The van der Waals surface area contributed by atoms with E-state index in [4.69, 9.17) is 15.9 Å². The Bertz CT molecular complexity index is 298. The van der Waals surface area contributed by atoms with Crippen LogP contribution < -0.4 is 5.73 Å². The third kappa shape index (κ3) is 51.3. The van der Waals surface area contributed by atoms with Crippen molar-refractivity contribution in [2.45, 2.75) is 136 Å². The maximum atomic E-state index is 9.37. The number of hydrogen-bond donors (Lipinski definition) is 3. The van der Waals surface area contributed by atoms with Crippen LogP contribution in [0, 0.1) is 0 Å². The Hall–Kier alpha value is 0.536. The van der Waals surface area contributed by atoms with E-state index in [0.29, 0.717) is 0 Å². The Labute approximate surface area is 229 Å². The normalized spacial score (nSPS) is 9.47. The average Bonchev–Trinajstić information content (AvgIpc) is 2.71. The minimum absolute atomic E-state index is 0. The molecule has 0 amide bonds. The van der Waals surface area contributed by atoms with Gasteiger partial charge in [-0.15, -0.1) is 0 Å². The summed E-state index contributed by atoms with van der Waals surface area (Å²) in [6.07, 6.45) is 23.3. The summed E-state index contributed by atoms with van der Waals surface area (Å²) in [6.45, 7) is 6.36. The van der Waals surface area contributed by atoms with Gasteiger partial charge in [-0.05, 0) is 13.0 Å². The first-order chi connectivity index (χ1) is 14.0. The van der Waals surface area contributed by atoms with Crippen molar-refractivity contribution in [2.75, 3.05) is 6.54 Å². The third-order valence-electron chi connectivity index (χ3n) is 4.66. The summed E-state index contributed by atoms with van der Waals surface area (Å²) in [5.74, 6) is -1.49. The molecule has 5 nitrogen and oxygen atoms in total. The van der Waals surface area contributed by atoms with E-state index in [2.05, 4.69) is 6.92 Å². The molecule has 0 saturated heterocycles. The van der Waals surface area contributed by atoms with Crippen molar-refractivity contribution in [2.24, 2.45) is 5.73 Å². The van der Waals surface area contributed by atoms with E-state index < -0.39 is 11.9 Å². The second-order valence-corrected chi connectivity index (χ2v) is 7.59. The number of unbranched alkanes of at least 4 members (excludes halogenated alkanes) is 15. The number of rotatable bonds is 18. The molecule has 6 heteroatoms. The van der Waals surface area contributed by atoms with Gasteiger partial charge in [0.05, 0.1) is 0 Å². The first-order valence-electron chi connectivity index (χ1n) is 12.1. The van der Waals surface area contributed by atoms with Crippen molar-refractivity contribution in [1.29, 1.82) is 0 Å². The Balaban J connectivity index is -0.000000254. The Kier molecular flexibility index (Phi) is 46.5. The molecule has 0 saturated carbocycles. The maximum absolute atomic E-state index is 9.37. The molecule has 0 aromatic rings. The molecule has 30 heavy (non-hydrogen) atoms. The third-order valence-corrected chi connectivity index (χ3v) is 4.66. The Morgan fingerprint density at radius 3 is 0.900 bits per heavy atom. The van der Waals surface area contributed by atoms with Gasteiger partial charge in [-0.1, -0.05) is 117 Å². The molecule has 0 unspecified atom stereocenters. The summed E-state index contributed by atoms with van der Waals surface area (Å²) in [7, 11) is 0. The molecule has 0 spiro atoms. The quantitative estimate of drug-likeness (QED) is 0.161. The molecular formula is C24H52KNO4. The summed E-state index contributed by atoms with van der Waals surface area (Å²) < 4.78 is 0. The number of hydrogen-bond acceptors (Lipinski definition) is 3. The van der Waals surface area contributed by atoms with Crippen LogP contribution in [-0.2, 0) is 9.59 Å². The van der Waals surface area contributed by atoms with Gasteiger partial charge in [0.1, 0.15) is 0 Å². The minimum atomic E-state index is -0.745.